The number of benzene rings is 2. The highest BCUT2D eigenvalue weighted by atomic mass is 32.2. The number of nitrogens with zero attached hydrogens (tertiary/aromatic N) is 1. The third-order valence-corrected chi connectivity index (χ3v) is 6.39. The van der Waals surface area contributed by atoms with Crippen LogP contribution in [0.5, 0.6) is 0 Å². The molecule has 3 aromatic rings. The van der Waals surface area contributed by atoms with Crippen LogP contribution in [-0.2, 0) is 19.4 Å². The Bertz CT molecular complexity index is 1140. The molecule has 0 radical (unpaired) electrons. The number of nitrogens with one attached hydrogen (secondary N) is 2. The molecule has 0 unspecified atom stereocenters. The van der Waals surface area contributed by atoms with E-state index in [9.17, 15) is 22.4 Å². The number of carbonyl (C=O) groups is 2. The number of hydrogen-bond donors (Lipinski definition) is 2. The number of aromatic nitrogens is 1. The van der Waals surface area contributed by atoms with E-state index >= 15 is 0 Å². The van der Waals surface area contributed by atoms with E-state index in [2.05, 4.69) is 15.6 Å². The first-order chi connectivity index (χ1) is 13.2. The van der Waals surface area contributed by atoms with Gasteiger partial charge in [-0.3, -0.25) is 9.59 Å². The Morgan fingerprint density at radius 1 is 1.11 bits per heavy atom. The van der Waals surface area contributed by atoms with Crippen molar-refractivity contribution in [2.45, 2.75) is 18.2 Å². The van der Waals surface area contributed by atoms with E-state index in [1.807, 2.05) is 0 Å². The lowest BCUT2D eigenvalue weighted by atomic mass is 10.3. The van der Waals surface area contributed by atoms with E-state index in [-0.39, 0.29) is 17.2 Å². The van der Waals surface area contributed by atoms with E-state index in [4.69, 9.17) is 0 Å². The number of halogens is 1. The molecule has 0 aliphatic heterocycles. The molecule has 146 valence electrons. The van der Waals surface area contributed by atoms with Gasteiger partial charge in [0.2, 0.25) is 11.8 Å². The molecule has 0 aliphatic rings. The molecule has 0 atom stereocenters. The number of rotatable bonds is 6. The average Bonchev–Trinajstić information content (AvgIpc) is 3.01. The lowest BCUT2D eigenvalue weighted by Gasteiger charge is -2.04. The second kappa shape index (κ2) is 8.03. The summed E-state index contributed by atoms with van der Waals surface area (Å²) >= 11 is 1.21. The van der Waals surface area contributed by atoms with Crippen LogP contribution in [0.15, 0.2) is 47.4 Å². The molecule has 1 aromatic heterocycles. The van der Waals surface area contributed by atoms with Gasteiger partial charge in [-0.15, -0.1) is 0 Å². The Labute approximate surface area is 164 Å². The SMILES string of the molecule is CC(=O)Nc1ccc2nc(NC(=O)CCS(=O)(=O)c3ccc(F)cc3)sc2c1. The Kier molecular flexibility index (Phi) is 5.71. The van der Waals surface area contributed by atoms with Crippen LogP contribution in [0.4, 0.5) is 15.2 Å². The zero-order chi connectivity index (χ0) is 20.3. The van der Waals surface area contributed by atoms with Gasteiger partial charge in [-0.05, 0) is 42.5 Å². The van der Waals surface area contributed by atoms with Gasteiger partial charge in [-0.2, -0.15) is 0 Å². The van der Waals surface area contributed by atoms with Gasteiger partial charge in [0.05, 0.1) is 20.9 Å². The average molecular weight is 421 g/mol. The second-order valence-corrected chi connectivity index (χ2v) is 9.09. The van der Waals surface area contributed by atoms with E-state index in [0.717, 1.165) is 16.8 Å². The lowest BCUT2D eigenvalue weighted by molar-refractivity contribution is -0.116. The molecule has 2 amide bonds. The van der Waals surface area contributed by atoms with Crippen LogP contribution in [0, 0.1) is 5.82 Å². The standard InChI is InChI=1S/C18H16FN3O4S2/c1-11(23)20-13-4-7-15-16(10-13)27-18(21-15)22-17(24)8-9-28(25,26)14-5-2-12(19)3-6-14/h2-7,10H,8-9H2,1H3,(H,20,23)(H,21,22,24). The summed E-state index contributed by atoms with van der Waals surface area (Å²) in [4.78, 5) is 27.5. The Hall–Kier alpha value is -2.85. The first-order valence-corrected chi connectivity index (χ1v) is 10.7. The minimum absolute atomic E-state index is 0.0350. The molecule has 3 rings (SSSR count). The fourth-order valence-electron chi connectivity index (χ4n) is 2.43. The van der Waals surface area contributed by atoms with Crippen LogP contribution in [-0.4, -0.2) is 31.0 Å². The van der Waals surface area contributed by atoms with Crippen LogP contribution in [0.25, 0.3) is 10.2 Å². The number of fused-ring (bicyclic) bond motifs is 1. The quantitative estimate of drug-likeness (QED) is 0.595. The summed E-state index contributed by atoms with van der Waals surface area (Å²) in [5, 5.41) is 5.58. The molecule has 0 spiro atoms. The van der Waals surface area contributed by atoms with Gasteiger partial charge >= 0.3 is 0 Å². The predicted octanol–water partition coefficient (Wildman–Crippen LogP) is 3.20. The zero-order valence-electron chi connectivity index (χ0n) is 14.7. The number of thiazole rings is 1. The summed E-state index contributed by atoms with van der Waals surface area (Å²) in [6.45, 7) is 1.41. The van der Waals surface area contributed by atoms with Gasteiger partial charge in [-0.1, -0.05) is 11.3 Å². The highest BCUT2D eigenvalue weighted by Gasteiger charge is 2.17. The summed E-state index contributed by atoms with van der Waals surface area (Å²) in [7, 11) is -3.69. The number of hydrogen-bond acceptors (Lipinski definition) is 6. The van der Waals surface area contributed by atoms with Gasteiger partial charge in [0, 0.05) is 19.0 Å². The van der Waals surface area contributed by atoms with Crippen LogP contribution in [0.2, 0.25) is 0 Å². The summed E-state index contributed by atoms with van der Waals surface area (Å²) in [6.07, 6.45) is -0.257. The van der Waals surface area contributed by atoms with Gasteiger partial charge in [0.15, 0.2) is 15.0 Å². The van der Waals surface area contributed by atoms with Crippen LogP contribution in [0.1, 0.15) is 13.3 Å². The lowest BCUT2D eigenvalue weighted by Crippen LogP contribution is -2.17. The Morgan fingerprint density at radius 2 is 1.82 bits per heavy atom. The van der Waals surface area contributed by atoms with E-state index in [0.29, 0.717) is 16.3 Å². The predicted molar refractivity (Wildman–Crippen MR) is 106 cm³/mol. The van der Waals surface area contributed by atoms with Crippen molar-refractivity contribution in [3.05, 3.63) is 48.3 Å². The van der Waals surface area contributed by atoms with E-state index < -0.39 is 27.3 Å². The molecule has 0 fully saturated rings. The third kappa shape index (κ3) is 4.90. The normalized spacial score (nSPS) is 11.4. The number of anilines is 2. The first-order valence-electron chi connectivity index (χ1n) is 8.19. The van der Waals surface area contributed by atoms with Crippen molar-refractivity contribution in [2.75, 3.05) is 16.4 Å². The fraction of sp³-hybridized carbons (Fsp3) is 0.167. The van der Waals surface area contributed by atoms with E-state index in [1.54, 1.807) is 18.2 Å². The first kappa shape index (κ1) is 19.9. The molecule has 2 N–H and O–H groups in total. The summed E-state index contributed by atoms with van der Waals surface area (Å²) in [6, 6.07) is 9.61. The van der Waals surface area contributed by atoms with Gasteiger partial charge in [0.1, 0.15) is 5.82 Å². The monoisotopic (exact) mass is 421 g/mol. The Balaban J connectivity index is 1.64. The van der Waals surface area contributed by atoms with Crippen molar-refractivity contribution in [1.82, 2.24) is 4.98 Å². The van der Waals surface area contributed by atoms with Crippen LogP contribution >= 0.6 is 11.3 Å². The molecule has 28 heavy (non-hydrogen) atoms. The molecule has 2 aromatic carbocycles. The molecule has 0 aliphatic carbocycles. The maximum Gasteiger partial charge on any atom is 0.227 e. The van der Waals surface area contributed by atoms with Crippen molar-refractivity contribution < 1.29 is 22.4 Å². The highest BCUT2D eigenvalue weighted by Crippen LogP contribution is 2.28. The molecule has 10 heteroatoms. The molecule has 7 nitrogen and oxygen atoms in total. The maximum atomic E-state index is 12.9. The fourth-order valence-corrected chi connectivity index (χ4v) is 4.59. The Morgan fingerprint density at radius 3 is 2.50 bits per heavy atom. The highest BCUT2D eigenvalue weighted by molar-refractivity contribution is 7.91. The topological polar surface area (TPSA) is 105 Å². The maximum absolute atomic E-state index is 12.9. The smallest absolute Gasteiger partial charge is 0.227 e. The largest absolute Gasteiger partial charge is 0.326 e. The van der Waals surface area contributed by atoms with Crippen molar-refractivity contribution >= 4 is 54.0 Å². The van der Waals surface area contributed by atoms with E-state index in [1.165, 1.54) is 30.4 Å². The number of sulfone groups is 1. The number of carbonyl (C=O) groups excluding carboxylic acids is 2. The van der Waals surface area contributed by atoms with Crippen LogP contribution < -0.4 is 10.6 Å². The minimum atomic E-state index is -3.69. The van der Waals surface area contributed by atoms with Crippen molar-refractivity contribution in [3.8, 4) is 0 Å². The molecule has 0 bridgehead atoms. The van der Waals surface area contributed by atoms with Gasteiger partial charge in [0.25, 0.3) is 0 Å². The summed E-state index contributed by atoms with van der Waals surface area (Å²) in [5.74, 6) is -1.62. The van der Waals surface area contributed by atoms with Crippen molar-refractivity contribution in [2.24, 2.45) is 0 Å². The van der Waals surface area contributed by atoms with Gasteiger partial charge < -0.3 is 10.6 Å². The van der Waals surface area contributed by atoms with Crippen LogP contribution in [0.3, 0.4) is 0 Å². The van der Waals surface area contributed by atoms with Crippen molar-refractivity contribution in [1.29, 1.82) is 0 Å². The van der Waals surface area contributed by atoms with Gasteiger partial charge in [-0.25, -0.2) is 17.8 Å². The zero-order valence-corrected chi connectivity index (χ0v) is 16.4. The molecular formula is C18H16FN3O4S2. The minimum Gasteiger partial charge on any atom is -0.326 e. The molecule has 1 heterocycles. The van der Waals surface area contributed by atoms with Crippen molar-refractivity contribution in [3.63, 3.8) is 0 Å². The summed E-state index contributed by atoms with van der Waals surface area (Å²) < 4.78 is 38.1. The molecule has 0 saturated heterocycles. The molecule has 0 saturated carbocycles. The summed E-state index contributed by atoms with van der Waals surface area (Å²) in [5.41, 5.74) is 1.26. The number of amides is 2. The second-order valence-electron chi connectivity index (χ2n) is 5.95. The third-order valence-electron chi connectivity index (χ3n) is 3.73. The molecular weight excluding hydrogens is 405 g/mol.